The molecule has 0 aliphatic heterocycles. The fourth-order valence-corrected chi connectivity index (χ4v) is 2.24. The summed E-state index contributed by atoms with van der Waals surface area (Å²) in [7, 11) is -1.44. The summed E-state index contributed by atoms with van der Waals surface area (Å²) in [6.45, 7) is 8.82. The molecule has 0 radical (unpaired) electrons. The Labute approximate surface area is 88.2 Å². The first kappa shape index (κ1) is 11.3. The van der Waals surface area contributed by atoms with E-state index >= 15 is 0 Å². The van der Waals surface area contributed by atoms with Crippen LogP contribution in [0.25, 0.3) is 0 Å². The van der Waals surface area contributed by atoms with Gasteiger partial charge in [-0.05, 0) is 43.8 Å². The summed E-state index contributed by atoms with van der Waals surface area (Å²) in [5.41, 5.74) is 1.38. The Hall–Kier alpha value is -0.763. The maximum absolute atomic E-state index is 5.93. The van der Waals surface area contributed by atoms with Crippen molar-refractivity contribution in [1.82, 2.24) is 0 Å². The molecule has 1 aromatic carbocycles. The van der Waals surface area contributed by atoms with Crippen LogP contribution in [0.1, 0.15) is 18.9 Å². The largest absolute Gasteiger partial charge is 0.544 e. The molecule has 1 aromatic rings. The van der Waals surface area contributed by atoms with Crippen LogP contribution >= 0.6 is 0 Å². The van der Waals surface area contributed by atoms with Gasteiger partial charge in [0.1, 0.15) is 5.75 Å². The Morgan fingerprint density at radius 1 is 1.21 bits per heavy atom. The highest BCUT2D eigenvalue weighted by Crippen LogP contribution is 2.18. The minimum Gasteiger partial charge on any atom is -0.544 e. The number of rotatable bonds is 4. The van der Waals surface area contributed by atoms with Crippen molar-refractivity contribution in [2.24, 2.45) is 0 Å². The highest BCUT2D eigenvalue weighted by Gasteiger charge is 2.15. The molecule has 78 valence electrons. The molecule has 0 saturated heterocycles. The van der Waals surface area contributed by atoms with Crippen molar-refractivity contribution in [3.63, 3.8) is 0 Å². The zero-order valence-corrected chi connectivity index (χ0v) is 10.6. The average Bonchev–Trinajstić information content (AvgIpc) is 2.02. The first-order chi connectivity index (χ1) is 6.51. The molecule has 0 unspecified atom stereocenters. The molecule has 0 aliphatic carbocycles. The van der Waals surface area contributed by atoms with Gasteiger partial charge in [0.15, 0.2) is 0 Å². The van der Waals surface area contributed by atoms with Crippen LogP contribution in [0.4, 0.5) is 0 Å². The van der Waals surface area contributed by atoms with E-state index in [0.717, 1.165) is 12.2 Å². The minimum atomic E-state index is -1.44. The molecule has 0 aliphatic rings. The van der Waals surface area contributed by atoms with Crippen molar-refractivity contribution in [2.75, 3.05) is 0 Å². The minimum absolute atomic E-state index is 1.04. The molecular weight excluding hydrogens is 188 g/mol. The first-order valence-corrected chi connectivity index (χ1v) is 8.70. The van der Waals surface area contributed by atoms with Crippen LogP contribution < -0.4 is 4.43 Å². The van der Waals surface area contributed by atoms with E-state index in [1.165, 1.54) is 12.0 Å². The number of hydrogen-bond donors (Lipinski definition) is 0. The van der Waals surface area contributed by atoms with Gasteiger partial charge in [-0.3, -0.25) is 0 Å². The van der Waals surface area contributed by atoms with Gasteiger partial charge < -0.3 is 4.43 Å². The standard InChI is InChI=1S/C12H20OSi/c1-5-7-11-8-6-9-12(10-11)13-14(2,3)4/h6,8-10H,5,7H2,1-4H3. The fraction of sp³-hybridized carbons (Fsp3) is 0.500. The molecule has 0 spiro atoms. The van der Waals surface area contributed by atoms with E-state index in [1.54, 1.807) is 0 Å². The van der Waals surface area contributed by atoms with Crippen LogP contribution in [0.5, 0.6) is 5.75 Å². The molecule has 1 nitrogen and oxygen atoms in total. The Morgan fingerprint density at radius 2 is 1.93 bits per heavy atom. The second-order valence-electron chi connectivity index (χ2n) is 4.61. The van der Waals surface area contributed by atoms with E-state index in [0.29, 0.717) is 0 Å². The third-order valence-electron chi connectivity index (χ3n) is 1.86. The molecule has 0 heterocycles. The van der Waals surface area contributed by atoms with Gasteiger partial charge in [-0.25, -0.2) is 0 Å². The smallest absolute Gasteiger partial charge is 0.242 e. The monoisotopic (exact) mass is 208 g/mol. The van der Waals surface area contributed by atoms with E-state index in [2.05, 4.69) is 50.8 Å². The summed E-state index contributed by atoms with van der Waals surface area (Å²) < 4.78 is 5.93. The van der Waals surface area contributed by atoms with Gasteiger partial charge in [-0.15, -0.1) is 0 Å². The predicted molar refractivity (Wildman–Crippen MR) is 64.4 cm³/mol. The Bertz CT molecular complexity index is 289. The van der Waals surface area contributed by atoms with Gasteiger partial charge in [-0.2, -0.15) is 0 Å². The highest BCUT2D eigenvalue weighted by molar-refractivity contribution is 6.70. The first-order valence-electron chi connectivity index (χ1n) is 5.29. The third kappa shape index (κ3) is 3.96. The second-order valence-corrected chi connectivity index (χ2v) is 9.04. The number of hydrogen-bond acceptors (Lipinski definition) is 1. The lowest BCUT2D eigenvalue weighted by Crippen LogP contribution is -2.29. The average molecular weight is 208 g/mol. The normalized spacial score (nSPS) is 11.4. The van der Waals surface area contributed by atoms with Crippen LogP contribution in [0.3, 0.4) is 0 Å². The Kier molecular flexibility index (Phi) is 3.75. The molecule has 14 heavy (non-hydrogen) atoms. The maximum atomic E-state index is 5.93. The predicted octanol–water partition coefficient (Wildman–Crippen LogP) is 3.85. The van der Waals surface area contributed by atoms with Crippen LogP contribution in [-0.4, -0.2) is 8.32 Å². The lowest BCUT2D eigenvalue weighted by Gasteiger charge is -2.19. The van der Waals surface area contributed by atoms with Gasteiger partial charge >= 0.3 is 0 Å². The van der Waals surface area contributed by atoms with Crippen LogP contribution in [-0.2, 0) is 6.42 Å². The third-order valence-corrected chi connectivity index (χ3v) is 2.71. The van der Waals surface area contributed by atoms with Crippen molar-refractivity contribution in [3.8, 4) is 5.75 Å². The molecular formula is C12H20OSi. The molecule has 0 atom stereocenters. The number of benzene rings is 1. The van der Waals surface area contributed by atoms with Crippen molar-refractivity contribution in [3.05, 3.63) is 29.8 Å². The molecule has 0 amide bonds. The van der Waals surface area contributed by atoms with Gasteiger partial charge in [0, 0.05) is 0 Å². The zero-order valence-electron chi connectivity index (χ0n) is 9.63. The lowest BCUT2D eigenvalue weighted by molar-refractivity contribution is 0.556. The maximum Gasteiger partial charge on any atom is 0.242 e. The van der Waals surface area contributed by atoms with E-state index in [9.17, 15) is 0 Å². The summed E-state index contributed by atoms with van der Waals surface area (Å²) in [5, 5.41) is 0. The Balaban J connectivity index is 2.73. The second kappa shape index (κ2) is 4.65. The van der Waals surface area contributed by atoms with E-state index in [1.807, 2.05) is 0 Å². The number of aryl methyl sites for hydroxylation is 1. The molecule has 0 N–H and O–H groups in total. The summed E-state index contributed by atoms with van der Waals surface area (Å²) in [6.07, 6.45) is 2.33. The summed E-state index contributed by atoms with van der Waals surface area (Å²) >= 11 is 0. The summed E-state index contributed by atoms with van der Waals surface area (Å²) in [6, 6.07) is 8.47. The summed E-state index contributed by atoms with van der Waals surface area (Å²) in [4.78, 5) is 0. The Morgan fingerprint density at radius 3 is 2.50 bits per heavy atom. The van der Waals surface area contributed by atoms with E-state index < -0.39 is 8.32 Å². The SMILES string of the molecule is CCCc1cccc(O[Si](C)(C)C)c1. The van der Waals surface area contributed by atoms with E-state index in [4.69, 9.17) is 4.43 Å². The van der Waals surface area contributed by atoms with Crippen LogP contribution in [0, 0.1) is 0 Å². The molecule has 0 bridgehead atoms. The van der Waals surface area contributed by atoms with Crippen LogP contribution in [0.15, 0.2) is 24.3 Å². The van der Waals surface area contributed by atoms with E-state index in [-0.39, 0.29) is 0 Å². The van der Waals surface area contributed by atoms with Crippen LogP contribution in [0.2, 0.25) is 19.6 Å². The lowest BCUT2D eigenvalue weighted by atomic mass is 10.1. The van der Waals surface area contributed by atoms with Gasteiger partial charge in [0.25, 0.3) is 0 Å². The molecule has 1 rings (SSSR count). The summed E-state index contributed by atoms with van der Waals surface area (Å²) in [5.74, 6) is 1.04. The van der Waals surface area contributed by atoms with Crippen molar-refractivity contribution in [2.45, 2.75) is 39.4 Å². The van der Waals surface area contributed by atoms with Crippen molar-refractivity contribution >= 4 is 8.32 Å². The topological polar surface area (TPSA) is 9.23 Å². The fourth-order valence-electron chi connectivity index (χ4n) is 1.41. The van der Waals surface area contributed by atoms with Crippen molar-refractivity contribution < 1.29 is 4.43 Å². The molecule has 0 aromatic heterocycles. The quantitative estimate of drug-likeness (QED) is 0.683. The van der Waals surface area contributed by atoms with Gasteiger partial charge in [0.05, 0.1) is 0 Å². The molecule has 2 heteroatoms. The highest BCUT2D eigenvalue weighted by atomic mass is 28.4. The molecule has 0 saturated carbocycles. The molecule has 0 fully saturated rings. The van der Waals surface area contributed by atoms with Crippen molar-refractivity contribution in [1.29, 1.82) is 0 Å². The zero-order chi connectivity index (χ0) is 10.6. The van der Waals surface area contributed by atoms with Gasteiger partial charge in [0.2, 0.25) is 8.32 Å². The van der Waals surface area contributed by atoms with Gasteiger partial charge in [-0.1, -0.05) is 25.5 Å².